The molecule has 68 valence electrons. The van der Waals surface area contributed by atoms with Crippen molar-refractivity contribution in [1.82, 2.24) is 0 Å². The van der Waals surface area contributed by atoms with Crippen LogP contribution in [0.4, 0.5) is 0 Å². The Bertz CT molecular complexity index is 155. The van der Waals surface area contributed by atoms with Crippen LogP contribution in [0.2, 0.25) is 0 Å². The van der Waals surface area contributed by atoms with Gasteiger partial charge in [0.25, 0.3) is 0 Å². The largest absolute Gasteiger partial charge is 0.130 e. The lowest BCUT2D eigenvalue weighted by atomic mass is 10.0. The van der Waals surface area contributed by atoms with Crippen LogP contribution in [0.25, 0.3) is 0 Å². The summed E-state index contributed by atoms with van der Waals surface area (Å²) in [4.78, 5) is 0. The molecule has 1 saturated carbocycles. The summed E-state index contributed by atoms with van der Waals surface area (Å²) < 4.78 is 0. The quantitative estimate of drug-likeness (QED) is 0.549. The van der Waals surface area contributed by atoms with Gasteiger partial charge >= 0.3 is 0 Å². The minimum Gasteiger partial charge on any atom is -0.130 e. The second kappa shape index (κ2) is 6.08. The van der Waals surface area contributed by atoms with Gasteiger partial charge in [0.2, 0.25) is 0 Å². The predicted molar refractivity (Wildman–Crippen MR) is 54.1 cm³/mol. The molecule has 0 nitrogen and oxygen atoms in total. The molecule has 0 aromatic heterocycles. The van der Waals surface area contributed by atoms with Crippen molar-refractivity contribution in [3.8, 4) is 0 Å². The van der Waals surface area contributed by atoms with Gasteiger partial charge in [-0.15, -0.1) is 5.73 Å². The average Bonchev–Trinajstić information content (AvgIpc) is 2.57. The zero-order valence-electron chi connectivity index (χ0n) is 8.18. The van der Waals surface area contributed by atoms with Gasteiger partial charge in [0.15, 0.2) is 0 Å². The maximum absolute atomic E-state index is 3.21. The topological polar surface area (TPSA) is 0 Å². The van der Waals surface area contributed by atoms with E-state index in [1.807, 2.05) is 0 Å². The van der Waals surface area contributed by atoms with Crippen molar-refractivity contribution in [2.45, 2.75) is 51.9 Å². The summed E-state index contributed by atoms with van der Waals surface area (Å²) in [7, 11) is 0. The van der Waals surface area contributed by atoms with Gasteiger partial charge in [-0.2, -0.15) is 0 Å². The van der Waals surface area contributed by atoms with E-state index in [4.69, 9.17) is 0 Å². The van der Waals surface area contributed by atoms with Crippen LogP contribution in [0.15, 0.2) is 17.9 Å². The van der Waals surface area contributed by atoms with Crippen molar-refractivity contribution in [2.24, 2.45) is 5.92 Å². The molecule has 1 aliphatic carbocycles. The van der Waals surface area contributed by atoms with Crippen molar-refractivity contribution < 1.29 is 0 Å². The molecule has 1 rings (SSSR count). The summed E-state index contributed by atoms with van der Waals surface area (Å²) in [6.45, 7) is 2.15. The first-order chi connectivity index (χ1) is 5.93. The van der Waals surface area contributed by atoms with Gasteiger partial charge in [0.05, 0.1) is 0 Å². The van der Waals surface area contributed by atoms with E-state index >= 15 is 0 Å². The number of hydrogen-bond donors (Lipinski definition) is 0. The van der Waals surface area contributed by atoms with Crippen molar-refractivity contribution in [3.05, 3.63) is 17.9 Å². The first-order valence-corrected chi connectivity index (χ1v) is 5.33. The minimum atomic E-state index is 1.03. The lowest BCUT2D eigenvalue weighted by Crippen LogP contribution is -1.90. The van der Waals surface area contributed by atoms with Crippen LogP contribution in [0, 0.1) is 5.92 Å². The Kier molecular flexibility index (Phi) is 4.87. The highest BCUT2D eigenvalue weighted by Gasteiger charge is 2.12. The molecule has 0 amide bonds. The Hall–Kier alpha value is -0.480. The molecule has 0 bridgehead atoms. The highest BCUT2D eigenvalue weighted by Crippen LogP contribution is 2.28. The van der Waals surface area contributed by atoms with Gasteiger partial charge < -0.3 is 0 Å². The maximum atomic E-state index is 3.21. The van der Waals surface area contributed by atoms with Gasteiger partial charge in [0.1, 0.15) is 0 Å². The SMILES string of the molecule is CCC=C=CCCC1CCCC1. The third kappa shape index (κ3) is 3.78. The van der Waals surface area contributed by atoms with E-state index in [2.05, 4.69) is 24.8 Å². The van der Waals surface area contributed by atoms with E-state index in [0.29, 0.717) is 0 Å². The molecule has 0 unspecified atom stereocenters. The summed E-state index contributed by atoms with van der Waals surface area (Å²) in [5.74, 6) is 1.03. The molecule has 0 aliphatic heterocycles. The highest BCUT2D eigenvalue weighted by atomic mass is 14.2. The first kappa shape index (κ1) is 9.61. The molecule has 0 aromatic rings. The fourth-order valence-electron chi connectivity index (χ4n) is 1.90. The molecule has 0 heteroatoms. The Morgan fingerprint density at radius 3 is 2.67 bits per heavy atom. The molecular formula is C12H20. The molecule has 0 spiro atoms. The number of allylic oxidation sites excluding steroid dienone is 1. The Morgan fingerprint density at radius 1 is 1.25 bits per heavy atom. The fraction of sp³-hybridized carbons (Fsp3) is 0.750. The molecule has 0 heterocycles. The number of rotatable bonds is 4. The van der Waals surface area contributed by atoms with E-state index < -0.39 is 0 Å². The standard InChI is InChI=1S/C12H20/c1-2-3-4-5-6-9-12-10-7-8-11-12/h3,5,12H,2,6-11H2,1H3. The van der Waals surface area contributed by atoms with Gasteiger partial charge in [-0.1, -0.05) is 32.6 Å². The summed E-state index contributed by atoms with van der Waals surface area (Å²) in [6, 6.07) is 0. The second-order valence-electron chi connectivity index (χ2n) is 3.71. The molecule has 0 N–H and O–H groups in total. The molecular weight excluding hydrogens is 144 g/mol. The van der Waals surface area contributed by atoms with Crippen molar-refractivity contribution in [3.63, 3.8) is 0 Å². The van der Waals surface area contributed by atoms with E-state index in [1.165, 1.54) is 38.5 Å². The Labute approximate surface area is 76.4 Å². The van der Waals surface area contributed by atoms with Crippen molar-refractivity contribution in [1.29, 1.82) is 0 Å². The van der Waals surface area contributed by atoms with Crippen molar-refractivity contribution >= 4 is 0 Å². The van der Waals surface area contributed by atoms with Crippen LogP contribution in [0.5, 0.6) is 0 Å². The zero-order chi connectivity index (χ0) is 8.65. The van der Waals surface area contributed by atoms with Crippen LogP contribution in [-0.4, -0.2) is 0 Å². The van der Waals surface area contributed by atoms with Gasteiger partial charge in [-0.05, 0) is 37.3 Å². The molecule has 1 fully saturated rings. The maximum Gasteiger partial charge on any atom is -0.0272 e. The van der Waals surface area contributed by atoms with E-state index in [0.717, 1.165) is 12.3 Å². The smallest absolute Gasteiger partial charge is 0.0272 e. The van der Waals surface area contributed by atoms with Crippen LogP contribution < -0.4 is 0 Å². The summed E-state index contributed by atoms with van der Waals surface area (Å²) in [6.07, 6.45) is 13.9. The van der Waals surface area contributed by atoms with E-state index in [1.54, 1.807) is 0 Å². The third-order valence-corrected chi connectivity index (χ3v) is 2.63. The molecule has 0 atom stereocenters. The van der Waals surface area contributed by atoms with Crippen LogP contribution in [-0.2, 0) is 0 Å². The Morgan fingerprint density at radius 2 is 2.00 bits per heavy atom. The number of hydrogen-bond acceptors (Lipinski definition) is 0. The molecule has 0 aromatic carbocycles. The second-order valence-corrected chi connectivity index (χ2v) is 3.71. The third-order valence-electron chi connectivity index (χ3n) is 2.63. The lowest BCUT2D eigenvalue weighted by molar-refractivity contribution is 0.509. The average molecular weight is 164 g/mol. The fourth-order valence-corrected chi connectivity index (χ4v) is 1.90. The summed E-state index contributed by atoms with van der Waals surface area (Å²) in [5, 5.41) is 0. The molecule has 0 radical (unpaired) electrons. The van der Waals surface area contributed by atoms with Gasteiger partial charge in [-0.25, -0.2) is 0 Å². The van der Waals surface area contributed by atoms with Crippen LogP contribution >= 0.6 is 0 Å². The van der Waals surface area contributed by atoms with Crippen LogP contribution in [0.1, 0.15) is 51.9 Å². The molecule has 12 heavy (non-hydrogen) atoms. The van der Waals surface area contributed by atoms with E-state index in [9.17, 15) is 0 Å². The normalized spacial score (nSPS) is 17.4. The summed E-state index contributed by atoms with van der Waals surface area (Å²) in [5.41, 5.74) is 3.21. The zero-order valence-corrected chi connectivity index (χ0v) is 8.18. The van der Waals surface area contributed by atoms with Crippen molar-refractivity contribution in [2.75, 3.05) is 0 Å². The molecule has 1 aliphatic rings. The predicted octanol–water partition coefficient (Wildman–Crippen LogP) is 4.08. The molecule has 0 saturated heterocycles. The lowest BCUT2D eigenvalue weighted by Gasteiger charge is -2.03. The Balaban J connectivity index is 2.05. The summed E-state index contributed by atoms with van der Waals surface area (Å²) >= 11 is 0. The van der Waals surface area contributed by atoms with E-state index in [-0.39, 0.29) is 0 Å². The van der Waals surface area contributed by atoms with Crippen LogP contribution in [0.3, 0.4) is 0 Å². The van der Waals surface area contributed by atoms with Gasteiger partial charge in [0, 0.05) is 0 Å². The monoisotopic (exact) mass is 164 g/mol. The van der Waals surface area contributed by atoms with Gasteiger partial charge in [-0.3, -0.25) is 0 Å². The first-order valence-electron chi connectivity index (χ1n) is 5.33. The highest BCUT2D eigenvalue weighted by molar-refractivity contribution is 4.84. The minimum absolute atomic E-state index is 1.03.